The Balaban J connectivity index is 1.44. The molecule has 2 aliphatic heterocycles. The number of halogens is 1. The second kappa shape index (κ2) is 7.47. The molecule has 0 radical (unpaired) electrons. The minimum atomic E-state index is -0.0347. The Morgan fingerprint density at radius 2 is 1.66 bits per heavy atom. The number of amides is 1. The summed E-state index contributed by atoms with van der Waals surface area (Å²) in [5, 5.41) is 0.655. The Morgan fingerprint density at radius 1 is 0.931 bits per heavy atom. The molecule has 3 aromatic rings. The van der Waals surface area contributed by atoms with Gasteiger partial charge in [-0.15, -0.1) is 0 Å². The maximum Gasteiger partial charge on any atom is 0.281 e. The van der Waals surface area contributed by atoms with Gasteiger partial charge in [0, 0.05) is 22.6 Å². The Bertz CT molecular complexity index is 1110. The first kappa shape index (κ1) is 18.1. The minimum absolute atomic E-state index is 0.0347. The third kappa shape index (κ3) is 3.46. The van der Waals surface area contributed by atoms with Gasteiger partial charge in [-0.2, -0.15) is 0 Å². The number of aliphatic imine (C=N–C) groups is 1. The SMILES string of the molecule is O=C1C(=Nc2ccc(Cl)cc2)c2ccccc2N1C[NH+]1CCc2ccccc2C1. The summed E-state index contributed by atoms with van der Waals surface area (Å²) in [7, 11) is 0. The normalized spacial score (nSPS) is 19.3. The molecule has 0 saturated carbocycles. The molecule has 1 atom stereocenters. The van der Waals surface area contributed by atoms with Gasteiger partial charge in [-0.25, -0.2) is 4.99 Å². The second-order valence-corrected chi connectivity index (χ2v) is 7.98. The first-order chi connectivity index (χ1) is 14.2. The van der Waals surface area contributed by atoms with Crippen LogP contribution in [-0.2, 0) is 17.8 Å². The quantitative estimate of drug-likeness (QED) is 0.716. The lowest BCUT2D eigenvalue weighted by Gasteiger charge is -2.29. The van der Waals surface area contributed by atoms with Crippen LogP contribution < -0.4 is 9.80 Å². The van der Waals surface area contributed by atoms with Crippen molar-refractivity contribution >= 4 is 34.6 Å². The molecule has 144 valence electrons. The van der Waals surface area contributed by atoms with Crippen LogP contribution in [0.2, 0.25) is 5.02 Å². The lowest BCUT2D eigenvalue weighted by atomic mass is 10.0. The van der Waals surface area contributed by atoms with Crippen LogP contribution in [0.15, 0.2) is 77.8 Å². The molecule has 29 heavy (non-hydrogen) atoms. The highest BCUT2D eigenvalue weighted by Crippen LogP contribution is 2.30. The van der Waals surface area contributed by atoms with Gasteiger partial charge in [0.15, 0.2) is 6.67 Å². The number of hydrogen-bond acceptors (Lipinski definition) is 2. The van der Waals surface area contributed by atoms with Crippen molar-refractivity contribution in [3.05, 3.63) is 94.5 Å². The van der Waals surface area contributed by atoms with Crippen LogP contribution in [0.4, 0.5) is 11.4 Å². The summed E-state index contributed by atoms with van der Waals surface area (Å²) in [4.78, 5) is 21.2. The molecule has 0 aromatic heterocycles. The smallest absolute Gasteiger partial charge is 0.281 e. The van der Waals surface area contributed by atoms with Crippen LogP contribution in [0.1, 0.15) is 16.7 Å². The van der Waals surface area contributed by atoms with Crippen molar-refractivity contribution in [3.8, 4) is 0 Å². The van der Waals surface area contributed by atoms with Crippen LogP contribution in [-0.4, -0.2) is 24.8 Å². The van der Waals surface area contributed by atoms with Crippen molar-refractivity contribution in [1.29, 1.82) is 0 Å². The Labute approximate surface area is 175 Å². The van der Waals surface area contributed by atoms with Crippen molar-refractivity contribution in [2.75, 3.05) is 18.1 Å². The van der Waals surface area contributed by atoms with Crippen molar-refractivity contribution in [2.24, 2.45) is 4.99 Å². The first-order valence-electron chi connectivity index (χ1n) is 9.85. The lowest BCUT2D eigenvalue weighted by molar-refractivity contribution is -0.914. The van der Waals surface area contributed by atoms with E-state index in [9.17, 15) is 4.79 Å². The summed E-state index contributed by atoms with van der Waals surface area (Å²) in [6.07, 6.45) is 1.04. The van der Waals surface area contributed by atoms with Crippen LogP contribution >= 0.6 is 11.6 Å². The first-order valence-corrected chi connectivity index (χ1v) is 10.2. The van der Waals surface area contributed by atoms with E-state index in [0.29, 0.717) is 17.4 Å². The number of nitrogens with one attached hydrogen (secondary N) is 1. The Kier molecular flexibility index (Phi) is 4.66. The van der Waals surface area contributed by atoms with E-state index in [-0.39, 0.29) is 5.91 Å². The van der Waals surface area contributed by atoms with Gasteiger partial charge in [0.2, 0.25) is 0 Å². The molecule has 0 saturated heterocycles. The van der Waals surface area contributed by atoms with E-state index in [1.54, 1.807) is 12.1 Å². The van der Waals surface area contributed by atoms with Crippen LogP contribution in [0.3, 0.4) is 0 Å². The summed E-state index contributed by atoms with van der Waals surface area (Å²) in [6.45, 7) is 2.60. The van der Waals surface area contributed by atoms with Gasteiger partial charge in [-0.3, -0.25) is 9.69 Å². The predicted molar refractivity (Wildman–Crippen MR) is 116 cm³/mol. The van der Waals surface area contributed by atoms with Gasteiger partial charge in [0.25, 0.3) is 5.91 Å². The minimum Gasteiger partial charge on any atom is -0.313 e. The van der Waals surface area contributed by atoms with E-state index in [4.69, 9.17) is 11.6 Å². The average molecular weight is 403 g/mol. The highest BCUT2D eigenvalue weighted by Gasteiger charge is 2.36. The van der Waals surface area contributed by atoms with E-state index in [1.165, 1.54) is 16.0 Å². The average Bonchev–Trinajstić information content (AvgIpc) is 3.01. The Morgan fingerprint density at radius 3 is 2.48 bits per heavy atom. The third-order valence-corrected chi connectivity index (χ3v) is 5.91. The van der Waals surface area contributed by atoms with Crippen molar-refractivity contribution in [1.82, 2.24) is 0 Å². The molecule has 3 aromatic carbocycles. The van der Waals surface area contributed by atoms with Gasteiger partial charge < -0.3 is 4.90 Å². The second-order valence-electron chi connectivity index (χ2n) is 7.54. The van der Waals surface area contributed by atoms with E-state index in [2.05, 4.69) is 29.3 Å². The number of nitrogens with zero attached hydrogens (tertiary/aromatic N) is 2. The predicted octanol–water partition coefficient (Wildman–Crippen LogP) is 3.41. The highest BCUT2D eigenvalue weighted by atomic mass is 35.5. The van der Waals surface area contributed by atoms with Gasteiger partial charge in [0.05, 0.1) is 17.9 Å². The van der Waals surface area contributed by atoms with Crippen LogP contribution in [0, 0.1) is 0 Å². The molecule has 0 bridgehead atoms. The molecule has 2 aliphatic rings. The number of rotatable bonds is 3. The number of anilines is 1. The maximum atomic E-state index is 13.3. The molecule has 1 unspecified atom stereocenters. The van der Waals surface area contributed by atoms with Gasteiger partial charge in [-0.1, -0.05) is 54.1 Å². The zero-order valence-corrected chi connectivity index (χ0v) is 16.7. The molecule has 0 aliphatic carbocycles. The lowest BCUT2D eigenvalue weighted by Crippen LogP contribution is -3.13. The van der Waals surface area contributed by atoms with Crippen molar-refractivity contribution in [2.45, 2.75) is 13.0 Å². The van der Waals surface area contributed by atoms with Gasteiger partial charge in [0.1, 0.15) is 12.3 Å². The molecular formula is C24H21ClN3O+. The molecule has 5 heteroatoms. The fraction of sp³-hybridized carbons (Fsp3) is 0.167. The fourth-order valence-electron chi connectivity index (χ4n) is 4.17. The summed E-state index contributed by atoms with van der Waals surface area (Å²) >= 11 is 5.98. The largest absolute Gasteiger partial charge is 0.313 e. The summed E-state index contributed by atoms with van der Waals surface area (Å²) in [5.41, 5.74) is 5.87. The van der Waals surface area contributed by atoms with E-state index in [0.717, 1.165) is 36.4 Å². The molecule has 1 N–H and O–H groups in total. The van der Waals surface area contributed by atoms with Gasteiger partial charge >= 0.3 is 0 Å². The number of fused-ring (bicyclic) bond motifs is 2. The van der Waals surface area contributed by atoms with Gasteiger partial charge in [-0.05, 0) is 35.9 Å². The molecular weight excluding hydrogens is 382 g/mol. The molecule has 0 fully saturated rings. The number of quaternary nitrogens is 1. The van der Waals surface area contributed by atoms with E-state index >= 15 is 0 Å². The van der Waals surface area contributed by atoms with Crippen molar-refractivity contribution in [3.63, 3.8) is 0 Å². The highest BCUT2D eigenvalue weighted by molar-refractivity contribution is 6.54. The zero-order chi connectivity index (χ0) is 19.8. The standard InChI is InChI=1S/C24H20ClN3O/c25-19-9-11-20(12-10-19)26-23-21-7-3-4-8-22(21)28(24(23)29)16-27-14-13-17-5-1-2-6-18(17)15-27/h1-12H,13-16H2/p+1. The number of para-hydroxylation sites is 1. The van der Waals surface area contributed by atoms with E-state index in [1.807, 2.05) is 41.3 Å². The topological polar surface area (TPSA) is 37.1 Å². The molecule has 4 nitrogen and oxygen atoms in total. The number of benzene rings is 3. The summed E-state index contributed by atoms with van der Waals surface area (Å²) in [5.74, 6) is -0.0347. The number of carbonyl (C=O) groups excluding carboxylic acids is 1. The molecule has 0 spiro atoms. The summed E-state index contributed by atoms with van der Waals surface area (Å²) in [6, 6.07) is 23.8. The third-order valence-electron chi connectivity index (χ3n) is 5.65. The molecule has 5 rings (SSSR count). The molecule has 1 amide bonds. The molecule has 2 heterocycles. The monoisotopic (exact) mass is 402 g/mol. The maximum absolute atomic E-state index is 13.3. The number of hydrogen-bond donors (Lipinski definition) is 1. The zero-order valence-electron chi connectivity index (χ0n) is 15.9. The fourth-order valence-corrected chi connectivity index (χ4v) is 4.30. The van der Waals surface area contributed by atoms with E-state index < -0.39 is 0 Å². The van der Waals surface area contributed by atoms with Crippen LogP contribution in [0.5, 0.6) is 0 Å². The Hall–Kier alpha value is -2.95. The summed E-state index contributed by atoms with van der Waals surface area (Å²) < 4.78 is 0. The number of carbonyl (C=O) groups is 1. The van der Waals surface area contributed by atoms with Crippen molar-refractivity contribution < 1.29 is 9.69 Å². The van der Waals surface area contributed by atoms with Crippen LogP contribution in [0.25, 0.3) is 0 Å².